The van der Waals surface area contributed by atoms with Crippen LogP contribution in [0.4, 0.5) is 0 Å². The number of hydrazone groups is 1. The van der Waals surface area contributed by atoms with Crippen LogP contribution in [0.15, 0.2) is 71.8 Å². The summed E-state index contributed by atoms with van der Waals surface area (Å²) in [6, 6.07) is 22.0. The normalized spacial score (nSPS) is 15.7. The number of fused-ring (bicyclic) bond motifs is 1. The first-order valence-electron chi connectivity index (χ1n) is 10.2. The first-order chi connectivity index (χ1) is 14.3. The van der Waals surface area contributed by atoms with Gasteiger partial charge in [-0.05, 0) is 56.0 Å². The molecule has 0 aliphatic carbocycles. The molecular formula is C24H26N4O. The minimum absolute atomic E-state index is 0.273. The molecule has 0 radical (unpaired) electrons. The molecule has 2 heterocycles. The van der Waals surface area contributed by atoms with Gasteiger partial charge in [-0.2, -0.15) is 5.10 Å². The molecular weight excluding hydrogens is 360 g/mol. The predicted molar refractivity (Wildman–Crippen MR) is 117 cm³/mol. The van der Waals surface area contributed by atoms with Crippen molar-refractivity contribution in [2.75, 3.05) is 13.1 Å². The first kappa shape index (κ1) is 19.3. The molecule has 1 amide bonds. The van der Waals surface area contributed by atoms with Crippen LogP contribution in [0.2, 0.25) is 0 Å². The van der Waals surface area contributed by atoms with E-state index in [1.54, 1.807) is 6.07 Å². The molecule has 1 N–H and O–H groups in total. The Morgan fingerprint density at radius 3 is 2.62 bits per heavy atom. The van der Waals surface area contributed by atoms with Crippen molar-refractivity contribution in [3.8, 4) is 0 Å². The average molecular weight is 386 g/mol. The molecule has 5 nitrogen and oxygen atoms in total. The minimum atomic E-state index is -0.273. The number of nitrogens with zero attached hydrogens (tertiary/aromatic N) is 3. The number of carbonyl (C=O) groups excluding carboxylic acids is 1. The van der Waals surface area contributed by atoms with Crippen molar-refractivity contribution < 1.29 is 4.79 Å². The predicted octanol–water partition coefficient (Wildman–Crippen LogP) is 4.25. The number of rotatable bonds is 6. The first-order valence-corrected chi connectivity index (χ1v) is 10.2. The highest BCUT2D eigenvalue weighted by Crippen LogP contribution is 2.21. The van der Waals surface area contributed by atoms with Crippen molar-refractivity contribution in [2.24, 2.45) is 11.0 Å². The van der Waals surface area contributed by atoms with Crippen LogP contribution in [-0.2, 0) is 6.54 Å². The van der Waals surface area contributed by atoms with Crippen LogP contribution < -0.4 is 5.43 Å². The van der Waals surface area contributed by atoms with Gasteiger partial charge in [0.2, 0.25) is 0 Å². The van der Waals surface area contributed by atoms with Gasteiger partial charge in [-0.1, -0.05) is 54.6 Å². The highest BCUT2D eigenvalue weighted by Gasteiger charge is 2.18. The SMILES string of the molecule is O=C(NN=CCC1CCN(Cc2ccccc2)CC1)c1ccc2ccccc2n1. The van der Waals surface area contributed by atoms with Gasteiger partial charge in [-0.25, -0.2) is 10.4 Å². The molecule has 1 aliphatic rings. The van der Waals surface area contributed by atoms with Crippen molar-refractivity contribution >= 4 is 23.0 Å². The Morgan fingerprint density at radius 1 is 1.03 bits per heavy atom. The third-order valence-electron chi connectivity index (χ3n) is 5.48. The molecule has 148 valence electrons. The van der Waals surface area contributed by atoms with Gasteiger partial charge in [0, 0.05) is 18.1 Å². The smallest absolute Gasteiger partial charge is 0.289 e. The summed E-state index contributed by atoms with van der Waals surface area (Å²) in [5.74, 6) is 0.353. The van der Waals surface area contributed by atoms with E-state index >= 15 is 0 Å². The summed E-state index contributed by atoms with van der Waals surface area (Å²) < 4.78 is 0. The Bertz CT molecular complexity index is 978. The third kappa shape index (κ3) is 5.27. The third-order valence-corrected chi connectivity index (χ3v) is 5.48. The largest absolute Gasteiger partial charge is 0.299 e. The van der Waals surface area contributed by atoms with Gasteiger partial charge in [0.05, 0.1) is 5.52 Å². The molecule has 4 rings (SSSR count). The van der Waals surface area contributed by atoms with Gasteiger partial charge < -0.3 is 0 Å². The molecule has 0 unspecified atom stereocenters. The highest BCUT2D eigenvalue weighted by atomic mass is 16.2. The number of nitrogens with one attached hydrogen (secondary N) is 1. The average Bonchev–Trinajstić information content (AvgIpc) is 2.78. The van der Waals surface area contributed by atoms with Crippen molar-refractivity contribution in [3.05, 3.63) is 78.0 Å². The Kier molecular flexibility index (Phi) is 6.27. The Morgan fingerprint density at radius 2 is 1.79 bits per heavy atom. The second kappa shape index (κ2) is 9.43. The zero-order valence-electron chi connectivity index (χ0n) is 16.5. The molecule has 3 aromatic rings. The highest BCUT2D eigenvalue weighted by molar-refractivity contribution is 5.94. The lowest BCUT2D eigenvalue weighted by Crippen LogP contribution is -2.33. The number of amides is 1. The van der Waals surface area contributed by atoms with Crippen molar-refractivity contribution in [1.82, 2.24) is 15.3 Å². The summed E-state index contributed by atoms with van der Waals surface area (Å²) in [6.45, 7) is 3.25. The zero-order chi connectivity index (χ0) is 19.9. The van der Waals surface area contributed by atoms with E-state index in [9.17, 15) is 4.79 Å². The van der Waals surface area contributed by atoms with E-state index < -0.39 is 0 Å². The summed E-state index contributed by atoms with van der Waals surface area (Å²) in [5.41, 5.74) is 5.17. The van der Waals surface area contributed by atoms with Crippen molar-refractivity contribution in [1.29, 1.82) is 0 Å². The van der Waals surface area contributed by atoms with Crippen LogP contribution in [0.25, 0.3) is 10.9 Å². The number of piperidine rings is 1. The van der Waals surface area contributed by atoms with Gasteiger partial charge in [0.25, 0.3) is 5.91 Å². The number of aromatic nitrogens is 1. The number of likely N-dealkylation sites (tertiary alicyclic amines) is 1. The van der Waals surface area contributed by atoms with Crippen LogP contribution >= 0.6 is 0 Å². The van der Waals surface area contributed by atoms with Crippen LogP contribution in [0.3, 0.4) is 0 Å². The summed E-state index contributed by atoms with van der Waals surface area (Å²) >= 11 is 0. The summed E-state index contributed by atoms with van der Waals surface area (Å²) in [7, 11) is 0. The van der Waals surface area contributed by atoms with Gasteiger partial charge in [0.15, 0.2) is 0 Å². The minimum Gasteiger partial charge on any atom is -0.299 e. The number of hydrogen-bond donors (Lipinski definition) is 1. The van der Waals surface area contributed by atoms with Crippen molar-refractivity contribution in [3.63, 3.8) is 0 Å². The maximum atomic E-state index is 12.3. The van der Waals surface area contributed by atoms with Crippen molar-refractivity contribution in [2.45, 2.75) is 25.8 Å². The summed E-state index contributed by atoms with van der Waals surface area (Å²) in [4.78, 5) is 19.2. The fraction of sp³-hybridized carbons (Fsp3) is 0.292. The van der Waals surface area contributed by atoms with Crippen LogP contribution in [0.1, 0.15) is 35.3 Å². The monoisotopic (exact) mass is 386 g/mol. The maximum Gasteiger partial charge on any atom is 0.289 e. The summed E-state index contributed by atoms with van der Waals surface area (Å²) in [5, 5.41) is 5.15. The molecule has 0 saturated carbocycles. The molecule has 0 atom stereocenters. The number of benzene rings is 2. The van der Waals surface area contributed by atoms with E-state index in [2.05, 4.69) is 50.7 Å². The van der Waals surface area contributed by atoms with Crippen LogP contribution in [-0.4, -0.2) is 35.1 Å². The second-order valence-corrected chi connectivity index (χ2v) is 7.58. The zero-order valence-corrected chi connectivity index (χ0v) is 16.5. The number of hydrogen-bond acceptors (Lipinski definition) is 4. The second-order valence-electron chi connectivity index (χ2n) is 7.58. The van der Waals surface area contributed by atoms with E-state index in [4.69, 9.17) is 0 Å². The van der Waals surface area contributed by atoms with Crippen LogP contribution in [0, 0.1) is 5.92 Å². The summed E-state index contributed by atoms with van der Waals surface area (Å²) in [6.07, 6.45) is 5.05. The lowest BCUT2D eigenvalue weighted by molar-refractivity contribution is 0.0950. The number of carbonyl (C=O) groups is 1. The molecule has 1 aliphatic heterocycles. The molecule has 0 spiro atoms. The molecule has 5 heteroatoms. The fourth-order valence-corrected chi connectivity index (χ4v) is 3.78. The maximum absolute atomic E-state index is 12.3. The lowest BCUT2D eigenvalue weighted by Gasteiger charge is -2.31. The quantitative estimate of drug-likeness (QED) is 0.509. The van der Waals surface area contributed by atoms with E-state index in [0.29, 0.717) is 11.6 Å². The van der Waals surface area contributed by atoms with Gasteiger partial charge in [-0.15, -0.1) is 0 Å². The number of pyridine rings is 1. The van der Waals surface area contributed by atoms with E-state index in [-0.39, 0.29) is 5.91 Å². The standard InChI is InChI=1S/C24H26N4O/c29-24(23-11-10-21-8-4-5-9-22(21)26-23)27-25-15-12-19-13-16-28(17-14-19)18-20-6-2-1-3-7-20/h1-11,15,19H,12-14,16-18H2,(H,27,29). The molecule has 1 fully saturated rings. The Hall–Kier alpha value is -3.05. The Balaban J connectivity index is 1.21. The molecule has 1 saturated heterocycles. The molecule has 0 bridgehead atoms. The van der Waals surface area contributed by atoms with E-state index in [1.165, 1.54) is 18.4 Å². The Labute approximate surface area is 171 Å². The van der Waals surface area contributed by atoms with Crippen LogP contribution in [0.5, 0.6) is 0 Å². The molecule has 29 heavy (non-hydrogen) atoms. The lowest BCUT2D eigenvalue weighted by atomic mass is 9.94. The van der Waals surface area contributed by atoms with Gasteiger partial charge in [0.1, 0.15) is 5.69 Å². The fourth-order valence-electron chi connectivity index (χ4n) is 3.78. The number of para-hydroxylation sites is 1. The van der Waals surface area contributed by atoms with E-state index in [1.807, 2.05) is 36.5 Å². The van der Waals surface area contributed by atoms with Gasteiger partial charge in [-0.3, -0.25) is 9.69 Å². The molecule has 2 aromatic carbocycles. The topological polar surface area (TPSA) is 57.6 Å². The molecule has 1 aromatic heterocycles. The van der Waals surface area contributed by atoms with E-state index in [0.717, 1.165) is 37.0 Å². The van der Waals surface area contributed by atoms with Gasteiger partial charge >= 0.3 is 0 Å².